The van der Waals surface area contributed by atoms with Crippen molar-refractivity contribution in [3.63, 3.8) is 0 Å². The summed E-state index contributed by atoms with van der Waals surface area (Å²) >= 11 is 4.88. The van der Waals surface area contributed by atoms with Gasteiger partial charge < -0.3 is 4.90 Å². The molecule has 0 aromatic heterocycles. The number of anilines is 1. The molecule has 1 aromatic carbocycles. The molecule has 0 aliphatic carbocycles. The van der Waals surface area contributed by atoms with E-state index in [9.17, 15) is 4.79 Å². The molecule has 0 aliphatic rings. The van der Waals surface area contributed by atoms with Gasteiger partial charge in [-0.15, -0.1) is 0 Å². The van der Waals surface area contributed by atoms with Gasteiger partial charge in [-0.25, -0.2) is 0 Å². The molecule has 1 rings (SSSR count). The van der Waals surface area contributed by atoms with Crippen molar-refractivity contribution in [2.75, 3.05) is 18.0 Å². The van der Waals surface area contributed by atoms with E-state index in [0.717, 1.165) is 18.8 Å². The predicted octanol–water partition coefficient (Wildman–Crippen LogP) is 1.50. The average Bonchev–Trinajstić information content (AvgIpc) is 2.05. The summed E-state index contributed by atoms with van der Waals surface area (Å²) < 4.78 is 0.494. The number of hydrogen-bond donors (Lipinski definition) is 0. The van der Waals surface area contributed by atoms with E-state index in [1.807, 2.05) is 0 Å². The highest BCUT2D eigenvalue weighted by molar-refractivity contribution is 7.71. The molecule has 0 saturated carbocycles. The third kappa shape index (κ3) is 1.33. The molecule has 0 N–H and O–H groups in total. The van der Waals surface area contributed by atoms with Crippen LogP contribution in [0.25, 0.3) is 0 Å². The maximum Gasteiger partial charge on any atom is 0.200 e. The molecule has 0 atom stereocenters. The zero-order chi connectivity index (χ0) is 8.43. The fourth-order valence-electron chi connectivity index (χ4n) is 1.10. The van der Waals surface area contributed by atoms with Gasteiger partial charge in [0.1, 0.15) is 4.51 Å². The van der Waals surface area contributed by atoms with Gasteiger partial charge in [0.05, 0.1) is 5.69 Å². The molecule has 0 radical (unpaired) electrons. The van der Waals surface area contributed by atoms with Crippen molar-refractivity contribution in [1.29, 1.82) is 0 Å². The average molecular weight is 169 g/mol. The van der Waals surface area contributed by atoms with Crippen LogP contribution in [0.15, 0.2) is 10.9 Å². The summed E-state index contributed by atoms with van der Waals surface area (Å²) in [6.45, 7) is 5.93. The van der Waals surface area contributed by atoms with E-state index >= 15 is 0 Å². The van der Waals surface area contributed by atoms with E-state index in [0.29, 0.717) is 4.51 Å². The van der Waals surface area contributed by atoms with Crippen LogP contribution in [0.4, 0.5) is 5.69 Å². The summed E-state index contributed by atoms with van der Waals surface area (Å²) in [5.74, 6) is 0. The van der Waals surface area contributed by atoms with E-state index in [1.54, 1.807) is 6.07 Å². The second kappa shape index (κ2) is 3.13. The van der Waals surface area contributed by atoms with Gasteiger partial charge in [-0.2, -0.15) is 0 Å². The molecule has 2 nitrogen and oxygen atoms in total. The zero-order valence-corrected chi connectivity index (χ0v) is 7.57. The maximum atomic E-state index is 10.7. The summed E-state index contributed by atoms with van der Waals surface area (Å²) in [6.07, 6.45) is 0. The standard InChI is InChI=1S/C8H11NOS/c1-3-9(4-2)6-5-7(10)8(6)11/h5H,3-4H2,1-2H3. The molecule has 0 amide bonds. The van der Waals surface area contributed by atoms with Crippen molar-refractivity contribution in [2.45, 2.75) is 13.8 Å². The first-order chi connectivity index (χ1) is 5.20. The molecule has 0 unspecified atom stereocenters. The lowest BCUT2D eigenvalue weighted by Crippen LogP contribution is -2.27. The van der Waals surface area contributed by atoms with Crippen molar-refractivity contribution in [3.05, 3.63) is 20.8 Å². The van der Waals surface area contributed by atoms with Crippen LogP contribution in [0.1, 0.15) is 13.8 Å². The number of rotatable bonds is 3. The fourth-order valence-corrected chi connectivity index (χ4v) is 1.35. The molecular weight excluding hydrogens is 158 g/mol. The Kier molecular flexibility index (Phi) is 2.39. The minimum absolute atomic E-state index is 0.00176. The molecule has 1 aromatic rings. The molecule has 0 saturated heterocycles. The molecule has 0 fully saturated rings. The lowest BCUT2D eigenvalue weighted by molar-refractivity contribution is 0.858. The summed E-state index contributed by atoms with van der Waals surface area (Å²) in [5.41, 5.74) is 0.942. The third-order valence-electron chi connectivity index (χ3n) is 1.83. The minimum Gasteiger partial charge on any atom is -0.371 e. The van der Waals surface area contributed by atoms with Gasteiger partial charge >= 0.3 is 0 Å². The van der Waals surface area contributed by atoms with Gasteiger partial charge in [-0.3, -0.25) is 4.79 Å². The van der Waals surface area contributed by atoms with E-state index < -0.39 is 0 Å². The summed E-state index contributed by atoms with van der Waals surface area (Å²) in [5, 5.41) is 0. The quantitative estimate of drug-likeness (QED) is 0.639. The molecule has 0 aliphatic heterocycles. The van der Waals surface area contributed by atoms with Crippen LogP contribution >= 0.6 is 12.2 Å². The van der Waals surface area contributed by atoms with Crippen LogP contribution in [-0.4, -0.2) is 13.1 Å². The summed E-state index contributed by atoms with van der Waals surface area (Å²) in [6, 6.07) is 1.61. The lowest BCUT2D eigenvalue weighted by atomic mass is 10.2. The van der Waals surface area contributed by atoms with Crippen LogP contribution in [0.5, 0.6) is 0 Å². The van der Waals surface area contributed by atoms with E-state index in [4.69, 9.17) is 12.2 Å². The Bertz CT molecular complexity index is 307. The molecule has 3 heteroatoms. The highest BCUT2D eigenvalue weighted by Gasteiger charge is 2.10. The zero-order valence-electron chi connectivity index (χ0n) is 6.76. The Balaban J connectivity index is 2.87. The number of nitrogens with zero attached hydrogens (tertiary/aromatic N) is 1. The highest BCUT2D eigenvalue weighted by Crippen LogP contribution is 2.14. The van der Waals surface area contributed by atoms with E-state index in [2.05, 4.69) is 18.7 Å². The topological polar surface area (TPSA) is 20.3 Å². The van der Waals surface area contributed by atoms with Crippen LogP contribution < -0.4 is 10.3 Å². The first-order valence-electron chi connectivity index (χ1n) is 3.76. The molecule has 11 heavy (non-hydrogen) atoms. The highest BCUT2D eigenvalue weighted by atomic mass is 32.1. The fraction of sp³-hybridized carbons (Fsp3) is 0.500. The first kappa shape index (κ1) is 8.40. The maximum absolute atomic E-state index is 10.7. The van der Waals surface area contributed by atoms with Crippen molar-refractivity contribution >= 4 is 17.9 Å². The minimum atomic E-state index is 0.00176. The second-order valence-electron chi connectivity index (χ2n) is 2.40. The van der Waals surface area contributed by atoms with Crippen LogP contribution in [0, 0.1) is 4.51 Å². The van der Waals surface area contributed by atoms with Crippen LogP contribution in [-0.2, 0) is 0 Å². The van der Waals surface area contributed by atoms with Gasteiger partial charge in [0.15, 0.2) is 0 Å². The smallest absolute Gasteiger partial charge is 0.200 e. The van der Waals surface area contributed by atoms with E-state index in [1.165, 1.54) is 0 Å². The Morgan fingerprint density at radius 3 is 2.27 bits per heavy atom. The van der Waals surface area contributed by atoms with Gasteiger partial charge in [-0.1, -0.05) is 12.2 Å². The molecular formula is C8H11NOS. The van der Waals surface area contributed by atoms with Crippen LogP contribution in [0.2, 0.25) is 0 Å². The van der Waals surface area contributed by atoms with Crippen molar-refractivity contribution in [2.24, 2.45) is 0 Å². The Morgan fingerprint density at radius 2 is 2.00 bits per heavy atom. The molecule has 0 spiro atoms. The van der Waals surface area contributed by atoms with Crippen molar-refractivity contribution < 1.29 is 0 Å². The van der Waals surface area contributed by atoms with Gasteiger partial charge in [-0.05, 0) is 13.8 Å². The monoisotopic (exact) mass is 169 g/mol. The second-order valence-corrected chi connectivity index (χ2v) is 2.80. The van der Waals surface area contributed by atoms with Gasteiger partial charge in [0, 0.05) is 19.2 Å². The normalized spacial score (nSPS) is 10.4. The van der Waals surface area contributed by atoms with Gasteiger partial charge in [0.2, 0.25) is 5.43 Å². The largest absolute Gasteiger partial charge is 0.371 e. The first-order valence-corrected chi connectivity index (χ1v) is 4.16. The number of hydrogen-bond acceptors (Lipinski definition) is 3. The SMILES string of the molecule is CCN(CC)c1cc(=O)c1=S. The van der Waals surface area contributed by atoms with Crippen LogP contribution in [0.3, 0.4) is 0 Å². The molecule has 0 bridgehead atoms. The van der Waals surface area contributed by atoms with E-state index in [-0.39, 0.29) is 5.43 Å². The van der Waals surface area contributed by atoms with Crippen molar-refractivity contribution in [3.8, 4) is 0 Å². The van der Waals surface area contributed by atoms with Gasteiger partial charge in [0.25, 0.3) is 0 Å². The predicted molar refractivity (Wildman–Crippen MR) is 49.5 cm³/mol. The summed E-state index contributed by atoms with van der Waals surface area (Å²) in [7, 11) is 0. The molecule has 60 valence electrons. The Morgan fingerprint density at radius 1 is 1.45 bits per heavy atom. The van der Waals surface area contributed by atoms with Crippen molar-refractivity contribution in [1.82, 2.24) is 0 Å². The third-order valence-corrected chi connectivity index (χ3v) is 2.24. The Hall–Kier alpha value is -0.700. The molecule has 0 heterocycles. The lowest BCUT2D eigenvalue weighted by Gasteiger charge is -2.21. The summed E-state index contributed by atoms with van der Waals surface area (Å²) in [4.78, 5) is 12.8. The Labute approximate surface area is 71.2 Å².